The Kier molecular flexibility index (Phi) is 8.24. The minimum atomic E-state index is -2.95. The molecule has 0 bridgehead atoms. The molecule has 9 nitrogen and oxygen atoms in total. The van der Waals surface area contributed by atoms with Gasteiger partial charge in [0.25, 0.3) is 7.52 Å². The van der Waals surface area contributed by atoms with Gasteiger partial charge in [0.2, 0.25) is 5.91 Å². The number of carbonyl (C=O) groups excluding carboxylic acids is 1. The van der Waals surface area contributed by atoms with Gasteiger partial charge in [-0.2, -0.15) is 0 Å². The third-order valence-corrected chi connectivity index (χ3v) is 6.97. The lowest BCUT2D eigenvalue weighted by molar-refractivity contribution is -0.137. The Balaban J connectivity index is 1.74. The van der Waals surface area contributed by atoms with E-state index in [2.05, 4.69) is 4.90 Å². The molecule has 2 heterocycles. The summed E-state index contributed by atoms with van der Waals surface area (Å²) in [7, 11) is -0.914. The molecule has 2 saturated heterocycles. The number of carboxylic acid groups (broad SMARTS) is 1. The van der Waals surface area contributed by atoms with E-state index in [9.17, 15) is 14.2 Å². The van der Waals surface area contributed by atoms with Crippen molar-refractivity contribution in [1.29, 1.82) is 0 Å². The van der Waals surface area contributed by atoms with E-state index in [4.69, 9.17) is 14.4 Å². The van der Waals surface area contributed by atoms with Gasteiger partial charge in [-0.1, -0.05) is 0 Å². The number of likely N-dealkylation sites (N-methyl/N-ethyl adjacent to an activating group) is 1. The molecule has 0 aromatic heterocycles. The molecule has 0 radical (unpaired) electrons. The minimum absolute atomic E-state index is 0.000744. The Morgan fingerprint density at radius 3 is 2.44 bits per heavy atom. The van der Waals surface area contributed by atoms with Gasteiger partial charge < -0.3 is 24.2 Å². The van der Waals surface area contributed by atoms with Crippen LogP contribution >= 0.6 is 7.52 Å². The Labute approximate surface area is 161 Å². The number of hydrogen-bond donors (Lipinski definition) is 1. The first-order chi connectivity index (χ1) is 12.7. The average Bonchev–Trinajstić information content (AvgIpc) is 2.59. The SMILES string of the molecule is CC1CN(C)CC(COP(C)(=O)N2CCN(C(=O)CCCC(=O)O)CC2)O1. The number of aliphatic carboxylic acids is 1. The number of nitrogens with zero attached hydrogens (tertiary/aromatic N) is 3. The summed E-state index contributed by atoms with van der Waals surface area (Å²) in [5.41, 5.74) is 0. The van der Waals surface area contributed by atoms with Crippen LogP contribution in [0.5, 0.6) is 0 Å². The lowest BCUT2D eigenvalue weighted by atomic mass is 10.2. The van der Waals surface area contributed by atoms with Gasteiger partial charge in [-0.15, -0.1) is 0 Å². The summed E-state index contributed by atoms with van der Waals surface area (Å²) in [6.07, 6.45) is 0.615. The molecule has 2 rings (SSSR count). The van der Waals surface area contributed by atoms with Crippen molar-refractivity contribution in [2.45, 2.75) is 38.4 Å². The van der Waals surface area contributed by atoms with E-state index in [1.807, 2.05) is 18.6 Å². The predicted molar refractivity (Wildman–Crippen MR) is 101 cm³/mol. The van der Waals surface area contributed by atoms with Gasteiger partial charge >= 0.3 is 5.97 Å². The Morgan fingerprint density at radius 1 is 1.19 bits per heavy atom. The molecular formula is C17H32N3O6P. The number of rotatable bonds is 8. The number of carboxylic acids is 1. The van der Waals surface area contributed by atoms with Crippen molar-refractivity contribution in [3.05, 3.63) is 0 Å². The molecule has 0 aromatic carbocycles. The van der Waals surface area contributed by atoms with Crippen LogP contribution in [0, 0.1) is 0 Å². The average molecular weight is 405 g/mol. The molecule has 0 spiro atoms. The quantitative estimate of drug-likeness (QED) is 0.596. The predicted octanol–water partition coefficient (Wildman–Crippen LogP) is 0.944. The van der Waals surface area contributed by atoms with Crippen LogP contribution in [0.1, 0.15) is 26.2 Å². The Morgan fingerprint density at radius 2 is 1.85 bits per heavy atom. The van der Waals surface area contributed by atoms with Crippen LogP contribution in [0.25, 0.3) is 0 Å². The van der Waals surface area contributed by atoms with E-state index in [0.717, 1.165) is 13.1 Å². The fourth-order valence-corrected chi connectivity index (χ4v) is 5.04. The van der Waals surface area contributed by atoms with Crippen LogP contribution in [-0.2, 0) is 23.4 Å². The number of carbonyl (C=O) groups is 2. The van der Waals surface area contributed by atoms with Gasteiger partial charge in [-0.25, -0.2) is 4.67 Å². The van der Waals surface area contributed by atoms with Crippen molar-refractivity contribution in [3.63, 3.8) is 0 Å². The van der Waals surface area contributed by atoms with Gasteiger partial charge in [-0.3, -0.25) is 14.2 Å². The molecule has 3 unspecified atom stereocenters. The van der Waals surface area contributed by atoms with Crippen molar-refractivity contribution >= 4 is 19.4 Å². The second-order valence-corrected chi connectivity index (χ2v) is 9.90. The highest BCUT2D eigenvalue weighted by Crippen LogP contribution is 2.47. The first-order valence-corrected chi connectivity index (χ1v) is 11.5. The highest BCUT2D eigenvalue weighted by Gasteiger charge is 2.33. The van der Waals surface area contributed by atoms with Crippen LogP contribution in [0.15, 0.2) is 0 Å². The first-order valence-electron chi connectivity index (χ1n) is 9.48. The monoisotopic (exact) mass is 405 g/mol. The smallest absolute Gasteiger partial charge is 0.303 e. The zero-order valence-corrected chi connectivity index (χ0v) is 17.4. The lowest BCUT2D eigenvalue weighted by Gasteiger charge is -2.39. The zero-order valence-electron chi connectivity index (χ0n) is 16.5. The fourth-order valence-electron chi connectivity index (χ4n) is 3.53. The zero-order chi connectivity index (χ0) is 20.0. The van der Waals surface area contributed by atoms with E-state index < -0.39 is 13.5 Å². The van der Waals surface area contributed by atoms with Crippen molar-refractivity contribution in [1.82, 2.24) is 14.5 Å². The van der Waals surface area contributed by atoms with E-state index in [1.165, 1.54) is 0 Å². The van der Waals surface area contributed by atoms with Crippen molar-refractivity contribution in [2.24, 2.45) is 0 Å². The molecule has 10 heteroatoms. The highest BCUT2D eigenvalue weighted by atomic mass is 31.2. The summed E-state index contributed by atoms with van der Waals surface area (Å²) in [4.78, 5) is 26.5. The summed E-state index contributed by atoms with van der Waals surface area (Å²) < 4.78 is 26.4. The molecule has 2 aliphatic rings. The second kappa shape index (κ2) is 9.98. The topological polar surface area (TPSA) is 99.6 Å². The summed E-state index contributed by atoms with van der Waals surface area (Å²) >= 11 is 0. The maximum absolute atomic E-state index is 13.0. The number of amides is 1. The molecular weight excluding hydrogens is 373 g/mol. The molecule has 1 N–H and O–H groups in total. The summed E-state index contributed by atoms with van der Waals surface area (Å²) in [6.45, 7) is 7.48. The maximum atomic E-state index is 13.0. The fraction of sp³-hybridized carbons (Fsp3) is 0.882. The van der Waals surface area contributed by atoms with Gasteiger partial charge in [0.1, 0.15) is 0 Å². The molecule has 0 aliphatic carbocycles. The number of hydrogen-bond acceptors (Lipinski definition) is 6. The van der Waals surface area contributed by atoms with Gasteiger partial charge in [0, 0.05) is 58.8 Å². The van der Waals surface area contributed by atoms with Crippen molar-refractivity contribution < 1.29 is 28.5 Å². The molecule has 0 saturated carbocycles. The van der Waals surface area contributed by atoms with Crippen LogP contribution in [0.2, 0.25) is 0 Å². The summed E-state index contributed by atoms with van der Waals surface area (Å²) in [5.74, 6) is -0.936. The largest absolute Gasteiger partial charge is 0.481 e. The highest BCUT2D eigenvalue weighted by molar-refractivity contribution is 7.55. The molecule has 3 atom stereocenters. The minimum Gasteiger partial charge on any atom is -0.481 e. The third kappa shape index (κ3) is 7.16. The molecule has 2 aliphatic heterocycles. The van der Waals surface area contributed by atoms with Crippen LogP contribution in [0.3, 0.4) is 0 Å². The van der Waals surface area contributed by atoms with Crippen LogP contribution in [0.4, 0.5) is 0 Å². The van der Waals surface area contributed by atoms with E-state index in [0.29, 0.717) is 32.6 Å². The van der Waals surface area contributed by atoms with E-state index >= 15 is 0 Å². The second-order valence-electron chi connectivity index (χ2n) is 7.47. The normalized spacial score (nSPS) is 27.3. The van der Waals surface area contributed by atoms with Gasteiger partial charge in [0.15, 0.2) is 0 Å². The lowest BCUT2D eigenvalue weighted by Crippen LogP contribution is -2.48. The Bertz CT molecular complexity index is 557. The number of piperazine rings is 1. The molecule has 0 aromatic rings. The molecule has 1 amide bonds. The molecule has 27 heavy (non-hydrogen) atoms. The third-order valence-electron chi connectivity index (χ3n) is 4.91. The molecule has 156 valence electrons. The molecule has 2 fully saturated rings. The van der Waals surface area contributed by atoms with E-state index in [1.54, 1.807) is 11.6 Å². The van der Waals surface area contributed by atoms with Gasteiger partial charge in [-0.05, 0) is 20.4 Å². The number of ether oxygens (including phenoxy) is 1. The van der Waals surface area contributed by atoms with Crippen molar-refractivity contribution in [2.75, 3.05) is 59.6 Å². The summed E-state index contributed by atoms with van der Waals surface area (Å²) in [5, 5.41) is 8.65. The summed E-state index contributed by atoms with van der Waals surface area (Å²) in [6, 6.07) is 0. The Hall–Kier alpha value is -0.990. The maximum Gasteiger partial charge on any atom is 0.303 e. The first kappa shape index (κ1) is 22.3. The van der Waals surface area contributed by atoms with Crippen LogP contribution in [-0.4, -0.2) is 103 Å². The van der Waals surface area contributed by atoms with Gasteiger partial charge in [0.05, 0.1) is 18.8 Å². The van der Waals surface area contributed by atoms with E-state index in [-0.39, 0.29) is 37.6 Å². The standard InChI is InChI=1S/C17H32N3O6P/c1-14-11-18(2)12-15(26-14)13-25-27(3,24)20-9-7-19(8-10-20)16(21)5-4-6-17(22)23/h14-15H,4-13H2,1-3H3,(H,22,23). The number of morpholine rings is 1. The van der Waals surface area contributed by atoms with Crippen LogP contribution < -0.4 is 0 Å². The van der Waals surface area contributed by atoms with Crippen molar-refractivity contribution in [3.8, 4) is 0 Å².